The van der Waals surface area contributed by atoms with Crippen LogP contribution >= 0.6 is 0 Å². The van der Waals surface area contributed by atoms with Gasteiger partial charge in [-0.1, -0.05) is 18.2 Å². The van der Waals surface area contributed by atoms with Gasteiger partial charge in [0.05, 0.1) is 0 Å². The molecule has 1 unspecified atom stereocenters. The maximum absolute atomic E-state index is 12.5. The van der Waals surface area contributed by atoms with Crippen molar-refractivity contribution in [2.45, 2.75) is 18.9 Å². The van der Waals surface area contributed by atoms with E-state index in [-0.39, 0.29) is 12.1 Å². The third kappa shape index (κ3) is 2.08. The molecular formula is C14H19N3O. The fourth-order valence-corrected chi connectivity index (χ4v) is 2.77. The second-order valence-corrected chi connectivity index (χ2v) is 4.89. The summed E-state index contributed by atoms with van der Waals surface area (Å²) in [5.74, 6) is 0. The van der Waals surface area contributed by atoms with Gasteiger partial charge in [0, 0.05) is 31.4 Å². The van der Waals surface area contributed by atoms with Crippen molar-refractivity contribution in [3.8, 4) is 0 Å². The number of carbonyl (C=O) groups excluding carboxylic acids is 1. The fraction of sp³-hybridized carbons (Fsp3) is 0.500. The highest BCUT2D eigenvalue weighted by Crippen LogP contribution is 2.23. The molecule has 1 atom stereocenters. The molecule has 2 fully saturated rings. The Morgan fingerprint density at radius 2 is 2.11 bits per heavy atom. The first-order valence-electron chi connectivity index (χ1n) is 7.07. The number of carbonyl (C=O) groups is 1. The number of nitrogens with one attached hydrogen (secondary N) is 1. The maximum atomic E-state index is 12.5. The van der Waals surface area contributed by atoms with Gasteiger partial charge in [-0.25, -0.2) is 4.79 Å². The first-order valence-corrected chi connectivity index (χ1v) is 6.63. The normalized spacial score (nSPS) is 26.6. The van der Waals surface area contributed by atoms with E-state index in [2.05, 4.69) is 0 Å². The number of urea groups is 1. The van der Waals surface area contributed by atoms with Crippen molar-refractivity contribution >= 4 is 11.7 Å². The third-order valence-electron chi connectivity index (χ3n) is 3.74. The summed E-state index contributed by atoms with van der Waals surface area (Å²) in [5.41, 5.74) is 0.966. The number of hydrogen-bond donors (Lipinski definition) is 1. The Morgan fingerprint density at radius 3 is 2.89 bits per heavy atom. The lowest BCUT2D eigenvalue weighted by atomic mass is 10.1. The lowest BCUT2D eigenvalue weighted by Gasteiger charge is -2.31. The van der Waals surface area contributed by atoms with Crippen molar-refractivity contribution in [2.24, 2.45) is 0 Å². The zero-order valence-electron chi connectivity index (χ0n) is 11.5. The highest BCUT2D eigenvalue weighted by molar-refractivity contribution is 5.94. The van der Waals surface area contributed by atoms with Gasteiger partial charge in [0.25, 0.3) is 0 Å². The standard InChI is InChI=1S/C14H19N3O/c18-14-16(12-5-2-1-3-6-12)9-10-17(14)13-7-4-8-15-11-13/h1-3,5-6,13,15H,4,7-11H2/i/hD. The number of amides is 2. The summed E-state index contributed by atoms with van der Waals surface area (Å²) in [6.07, 6.45) is 2.02. The van der Waals surface area contributed by atoms with Crippen LogP contribution < -0.4 is 10.2 Å². The van der Waals surface area contributed by atoms with Gasteiger partial charge < -0.3 is 10.2 Å². The maximum Gasteiger partial charge on any atom is 0.324 e. The third-order valence-corrected chi connectivity index (χ3v) is 3.74. The van der Waals surface area contributed by atoms with E-state index in [0.29, 0.717) is 6.54 Å². The Hall–Kier alpha value is -1.55. The Kier molecular flexibility index (Phi) is 2.87. The van der Waals surface area contributed by atoms with E-state index >= 15 is 0 Å². The average molecular weight is 246 g/mol. The Morgan fingerprint density at radius 1 is 1.28 bits per heavy atom. The smallest absolute Gasteiger partial charge is 0.318 e. The zero-order chi connectivity index (χ0) is 13.2. The molecule has 96 valence electrons. The van der Waals surface area contributed by atoms with Crippen molar-refractivity contribution in [1.82, 2.24) is 10.2 Å². The number of anilines is 1. The van der Waals surface area contributed by atoms with Gasteiger partial charge >= 0.3 is 6.03 Å². The molecule has 2 amide bonds. The van der Waals surface area contributed by atoms with Crippen molar-refractivity contribution in [2.75, 3.05) is 31.1 Å². The van der Waals surface area contributed by atoms with Gasteiger partial charge in [-0.3, -0.25) is 4.90 Å². The van der Waals surface area contributed by atoms with Gasteiger partial charge in [0.1, 0.15) is 1.41 Å². The molecular weight excluding hydrogens is 226 g/mol. The van der Waals surface area contributed by atoms with Gasteiger partial charge in [0.2, 0.25) is 0 Å². The molecule has 2 heterocycles. The van der Waals surface area contributed by atoms with Crippen molar-refractivity contribution in [3.63, 3.8) is 0 Å². The first-order chi connectivity index (χ1) is 9.25. The van der Waals surface area contributed by atoms with Crippen LogP contribution in [0.25, 0.3) is 0 Å². The molecule has 1 aromatic carbocycles. The van der Waals surface area contributed by atoms with Gasteiger partial charge in [0.15, 0.2) is 0 Å². The van der Waals surface area contributed by atoms with E-state index in [4.69, 9.17) is 1.41 Å². The van der Waals surface area contributed by atoms with Gasteiger partial charge in [-0.05, 0) is 31.5 Å². The molecule has 0 aromatic heterocycles. The summed E-state index contributed by atoms with van der Waals surface area (Å²) < 4.78 is 7.73. The van der Waals surface area contributed by atoms with Crippen LogP contribution in [0.3, 0.4) is 0 Å². The van der Waals surface area contributed by atoms with Crippen LogP contribution in [0.4, 0.5) is 10.5 Å². The minimum atomic E-state index is 0.0894. The van der Waals surface area contributed by atoms with Crippen LogP contribution in [-0.4, -0.2) is 43.2 Å². The predicted octanol–water partition coefficient (Wildman–Crippen LogP) is 1.68. The lowest BCUT2D eigenvalue weighted by molar-refractivity contribution is 0.187. The predicted molar refractivity (Wildman–Crippen MR) is 71.8 cm³/mol. The largest absolute Gasteiger partial charge is 0.324 e. The minimum absolute atomic E-state index is 0.0894. The summed E-state index contributed by atoms with van der Waals surface area (Å²) >= 11 is 0. The quantitative estimate of drug-likeness (QED) is 0.861. The monoisotopic (exact) mass is 246 g/mol. The second-order valence-electron chi connectivity index (χ2n) is 4.89. The Balaban J connectivity index is 1.72. The summed E-state index contributed by atoms with van der Waals surface area (Å²) in [5, 5.41) is 1.58. The van der Waals surface area contributed by atoms with E-state index < -0.39 is 0 Å². The molecule has 2 aliphatic heterocycles. The average Bonchev–Trinajstić information content (AvgIpc) is 2.81. The molecule has 0 saturated carbocycles. The molecule has 0 aliphatic carbocycles. The lowest BCUT2D eigenvalue weighted by Crippen LogP contribution is -2.47. The first kappa shape index (κ1) is 10.4. The molecule has 1 N–H and O–H groups in total. The van der Waals surface area contributed by atoms with E-state index in [1.165, 1.54) is 0 Å². The van der Waals surface area contributed by atoms with Crippen molar-refractivity contribution in [1.29, 1.82) is 0 Å². The number of para-hydroxylation sites is 1. The topological polar surface area (TPSA) is 35.6 Å². The fourth-order valence-electron chi connectivity index (χ4n) is 2.77. The SMILES string of the molecule is [2H]N1CCCC(N2CCN(c3ccccc3)C2=O)C1. The molecule has 2 saturated heterocycles. The number of rotatable bonds is 2. The van der Waals surface area contributed by atoms with Crippen molar-refractivity contribution in [3.05, 3.63) is 30.3 Å². The van der Waals surface area contributed by atoms with E-state index in [1.807, 2.05) is 40.1 Å². The van der Waals surface area contributed by atoms with Crippen LogP contribution in [0.5, 0.6) is 0 Å². The molecule has 1 aromatic rings. The number of piperidine rings is 1. The summed E-state index contributed by atoms with van der Waals surface area (Å²) in [7, 11) is 0. The van der Waals surface area contributed by atoms with E-state index in [1.54, 1.807) is 5.31 Å². The molecule has 4 nitrogen and oxygen atoms in total. The highest BCUT2D eigenvalue weighted by Gasteiger charge is 2.34. The van der Waals surface area contributed by atoms with Crippen LogP contribution in [0, 0.1) is 0 Å². The number of nitrogens with zero attached hydrogens (tertiary/aromatic N) is 2. The van der Waals surface area contributed by atoms with Crippen LogP contribution in [0.15, 0.2) is 30.3 Å². The van der Waals surface area contributed by atoms with Gasteiger partial charge in [-0.15, -0.1) is 0 Å². The van der Waals surface area contributed by atoms with Crippen LogP contribution in [0.1, 0.15) is 12.8 Å². The molecule has 4 heteroatoms. The molecule has 2 aliphatic rings. The van der Waals surface area contributed by atoms with Crippen molar-refractivity contribution < 1.29 is 6.21 Å². The molecule has 0 spiro atoms. The summed E-state index contributed by atoms with van der Waals surface area (Å²) in [4.78, 5) is 16.3. The Bertz CT molecular complexity index is 453. The van der Waals surface area contributed by atoms with Gasteiger partial charge in [-0.2, -0.15) is 0 Å². The molecule has 3 rings (SSSR count). The van der Waals surface area contributed by atoms with Crippen LogP contribution in [-0.2, 0) is 0 Å². The zero-order valence-corrected chi connectivity index (χ0v) is 10.5. The van der Waals surface area contributed by atoms with Crippen LogP contribution in [0.2, 0.25) is 1.41 Å². The number of hydrogen-bond acceptors (Lipinski definition) is 2. The Labute approximate surface area is 109 Å². The minimum Gasteiger partial charge on any atom is -0.318 e. The second kappa shape index (κ2) is 4.98. The molecule has 0 radical (unpaired) electrons. The summed E-state index contributed by atoms with van der Waals surface area (Å²) in [6, 6.07) is 10.1. The van der Waals surface area contributed by atoms with E-state index in [0.717, 1.165) is 38.2 Å². The molecule has 0 bridgehead atoms. The number of benzene rings is 1. The molecule has 18 heavy (non-hydrogen) atoms. The van der Waals surface area contributed by atoms with E-state index in [9.17, 15) is 4.79 Å². The highest BCUT2D eigenvalue weighted by atomic mass is 16.2. The summed E-state index contributed by atoms with van der Waals surface area (Å²) in [6.45, 7) is 3.01.